The van der Waals surface area contributed by atoms with Crippen LogP contribution in [-0.2, 0) is 12.8 Å². The Morgan fingerprint density at radius 2 is 2.07 bits per heavy atom. The summed E-state index contributed by atoms with van der Waals surface area (Å²) in [7, 11) is 0. The number of aromatic nitrogens is 1. The fourth-order valence-electron chi connectivity index (χ4n) is 2.33. The Kier molecular flexibility index (Phi) is 2.36. The molecule has 0 N–H and O–H groups in total. The van der Waals surface area contributed by atoms with Crippen molar-refractivity contribution < 1.29 is 0 Å². The molecule has 0 saturated heterocycles. The van der Waals surface area contributed by atoms with Crippen LogP contribution in [0.3, 0.4) is 0 Å². The van der Waals surface area contributed by atoms with Gasteiger partial charge in [-0.15, -0.1) is 0 Å². The topological polar surface area (TPSA) is 12.9 Å². The Bertz CT molecular complexity index is 551. The second-order valence-electron chi connectivity index (χ2n) is 3.90. The minimum atomic E-state index is 0.582. The molecule has 1 aliphatic rings. The molecule has 1 aromatic heterocycles. The summed E-state index contributed by atoms with van der Waals surface area (Å²) in [6.45, 7) is 0. The van der Waals surface area contributed by atoms with Gasteiger partial charge in [-0.05, 0) is 70.5 Å². The molecule has 1 aromatic carbocycles. The number of hydrogen-bond donors (Lipinski definition) is 0. The normalized spacial score (nSPS) is 14.5. The van der Waals surface area contributed by atoms with E-state index in [1.807, 2.05) is 12.3 Å². The van der Waals surface area contributed by atoms with E-state index in [0.29, 0.717) is 5.15 Å². The van der Waals surface area contributed by atoms with E-state index in [1.54, 1.807) is 0 Å². The number of hydrogen-bond acceptors (Lipinski definition) is 1. The average molecular weight is 330 g/mol. The molecule has 1 nitrogen and oxygen atoms in total. The molecule has 15 heavy (non-hydrogen) atoms. The zero-order valence-corrected chi connectivity index (χ0v) is 11.0. The van der Waals surface area contributed by atoms with Crippen molar-refractivity contribution in [3.8, 4) is 0 Å². The van der Waals surface area contributed by atoms with E-state index < -0.39 is 0 Å². The van der Waals surface area contributed by atoms with Crippen LogP contribution in [0.1, 0.15) is 17.5 Å². The lowest BCUT2D eigenvalue weighted by Gasteiger charge is -2.07. The molecule has 0 atom stereocenters. The number of nitrogens with zero attached hydrogens (tertiary/aromatic N) is 1. The summed E-state index contributed by atoms with van der Waals surface area (Å²) in [5, 5.41) is 3.12. The minimum absolute atomic E-state index is 0.582. The van der Waals surface area contributed by atoms with Gasteiger partial charge in [0, 0.05) is 15.2 Å². The lowest BCUT2D eigenvalue weighted by molar-refractivity contribution is 0.913. The van der Waals surface area contributed by atoms with Crippen molar-refractivity contribution in [2.75, 3.05) is 0 Å². The third-order valence-corrected chi connectivity index (χ3v) is 4.11. The predicted octanol–water partition coefficient (Wildman–Crippen LogP) is 3.98. The van der Waals surface area contributed by atoms with Crippen molar-refractivity contribution in [2.45, 2.75) is 19.3 Å². The smallest absolute Gasteiger partial charge is 0.129 e. The Balaban J connectivity index is 2.44. The first kappa shape index (κ1) is 9.85. The number of pyridine rings is 1. The van der Waals surface area contributed by atoms with Gasteiger partial charge in [0.05, 0.1) is 0 Å². The van der Waals surface area contributed by atoms with Crippen molar-refractivity contribution in [3.63, 3.8) is 0 Å². The molecule has 0 spiro atoms. The van der Waals surface area contributed by atoms with E-state index in [2.05, 4.69) is 33.6 Å². The molecular weight excluding hydrogens is 320 g/mol. The molecule has 0 saturated carbocycles. The second kappa shape index (κ2) is 3.59. The van der Waals surface area contributed by atoms with Crippen molar-refractivity contribution in [3.05, 3.63) is 38.2 Å². The minimum Gasteiger partial charge on any atom is -0.244 e. The Hall–Kier alpha value is -0.350. The fourth-order valence-corrected chi connectivity index (χ4v) is 3.31. The first-order chi connectivity index (χ1) is 7.25. The summed E-state index contributed by atoms with van der Waals surface area (Å²) in [4.78, 5) is 4.19. The maximum absolute atomic E-state index is 5.93. The van der Waals surface area contributed by atoms with Crippen LogP contribution in [0.15, 0.2) is 18.3 Å². The molecule has 0 bridgehead atoms. The second-order valence-corrected chi connectivity index (χ2v) is 5.45. The van der Waals surface area contributed by atoms with Crippen molar-refractivity contribution in [1.29, 1.82) is 0 Å². The number of benzene rings is 1. The Morgan fingerprint density at radius 3 is 2.93 bits per heavy atom. The van der Waals surface area contributed by atoms with Crippen LogP contribution in [-0.4, -0.2) is 4.98 Å². The molecule has 0 amide bonds. The molecule has 76 valence electrons. The first-order valence-corrected chi connectivity index (χ1v) is 6.47. The molecular formula is C12H9ClIN. The fraction of sp³-hybridized carbons (Fsp3) is 0.250. The summed E-state index contributed by atoms with van der Waals surface area (Å²) in [6, 6.07) is 4.26. The summed E-state index contributed by atoms with van der Waals surface area (Å²) in [6.07, 6.45) is 5.59. The van der Waals surface area contributed by atoms with Crippen LogP contribution in [0.5, 0.6) is 0 Å². The monoisotopic (exact) mass is 329 g/mol. The van der Waals surface area contributed by atoms with E-state index >= 15 is 0 Å². The highest BCUT2D eigenvalue weighted by molar-refractivity contribution is 14.1. The van der Waals surface area contributed by atoms with Gasteiger partial charge in [-0.1, -0.05) is 11.6 Å². The van der Waals surface area contributed by atoms with Gasteiger partial charge in [0.1, 0.15) is 5.15 Å². The maximum atomic E-state index is 5.93. The third-order valence-electron chi connectivity index (χ3n) is 3.01. The lowest BCUT2D eigenvalue weighted by Crippen LogP contribution is -1.90. The van der Waals surface area contributed by atoms with Crippen molar-refractivity contribution in [1.82, 2.24) is 4.98 Å². The molecule has 0 aliphatic heterocycles. The standard InChI is InChI=1S/C12H9ClIN/c13-12-5-9-10(6-15-12)8-3-1-2-7(8)4-11(9)14/h4-6H,1-3H2. The van der Waals surface area contributed by atoms with Crippen LogP contribution >= 0.6 is 34.2 Å². The largest absolute Gasteiger partial charge is 0.244 e. The Labute approximate surface area is 107 Å². The highest BCUT2D eigenvalue weighted by Gasteiger charge is 2.16. The molecule has 0 radical (unpaired) electrons. The van der Waals surface area contributed by atoms with E-state index in [1.165, 1.54) is 44.7 Å². The highest BCUT2D eigenvalue weighted by atomic mass is 127. The quantitative estimate of drug-likeness (QED) is 0.526. The number of rotatable bonds is 0. The van der Waals surface area contributed by atoms with Crippen LogP contribution in [0, 0.1) is 3.57 Å². The molecule has 3 heteroatoms. The highest BCUT2D eigenvalue weighted by Crippen LogP contribution is 2.33. The number of halogens is 2. The van der Waals surface area contributed by atoms with E-state index in [9.17, 15) is 0 Å². The van der Waals surface area contributed by atoms with Crippen molar-refractivity contribution >= 4 is 45.0 Å². The van der Waals surface area contributed by atoms with Crippen LogP contribution in [0.25, 0.3) is 10.8 Å². The van der Waals surface area contributed by atoms with Gasteiger partial charge in [0.15, 0.2) is 0 Å². The van der Waals surface area contributed by atoms with E-state index in [0.717, 1.165) is 0 Å². The molecule has 2 aromatic rings. The zero-order chi connectivity index (χ0) is 10.4. The van der Waals surface area contributed by atoms with Gasteiger partial charge in [0.25, 0.3) is 0 Å². The van der Waals surface area contributed by atoms with Gasteiger partial charge < -0.3 is 0 Å². The van der Waals surface area contributed by atoms with Gasteiger partial charge in [-0.3, -0.25) is 0 Å². The summed E-state index contributed by atoms with van der Waals surface area (Å²) in [5.74, 6) is 0. The SMILES string of the molecule is Clc1cc2c(I)cc3c(c2cn1)CCC3. The summed E-state index contributed by atoms with van der Waals surface area (Å²) >= 11 is 8.31. The van der Waals surface area contributed by atoms with Gasteiger partial charge in [0.2, 0.25) is 0 Å². The van der Waals surface area contributed by atoms with Crippen molar-refractivity contribution in [2.24, 2.45) is 0 Å². The third kappa shape index (κ3) is 1.54. The summed E-state index contributed by atoms with van der Waals surface area (Å²) in [5.41, 5.74) is 2.98. The molecule has 1 aliphatic carbocycles. The molecule has 3 rings (SSSR count). The predicted molar refractivity (Wildman–Crippen MR) is 71.5 cm³/mol. The average Bonchev–Trinajstić information content (AvgIpc) is 2.66. The first-order valence-electron chi connectivity index (χ1n) is 5.01. The van der Waals surface area contributed by atoms with Crippen LogP contribution in [0.4, 0.5) is 0 Å². The van der Waals surface area contributed by atoms with Crippen LogP contribution in [0.2, 0.25) is 5.15 Å². The number of fused-ring (bicyclic) bond motifs is 3. The van der Waals surface area contributed by atoms with Gasteiger partial charge in [-0.25, -0.2) is 4.98 Å². The summed E-state index contributed by atoms with van der Waals surface area (Å²) < 4.78 is 1.28. The van der Waals surface area contributed by atoms with E-state index in [4.69, 9.17) is 11.6 Å². The maximum Gasteiger partial charge on any atom is 0.129 e. The number of aryl methyl sites for hydroxylation is 2. The zero-order valence-electron chi connectivity index (χ0n) is 8.06. The van der Waals surface area contributed by atoms with E-state index in [-0.39, 0.29) is 0 Å². The van der Waals surface area contributed by atoms with Gasteiger partial charge in [-0.2, -0.15) is 0 Å². The molecule has 0 fully saturated rings. The van der Waals surface area contributed by atoms with Gasteiger partial charge >= 0.3 is 0 Å². The van der Waals surface area contributed by atoms with Crippen LogP contribution < -0.4 is 0 Å². The Morgan fingerprint density at radius 1 is 1.20 bits per heavy atom. The molecule has 0 unspecified atom stereocenters. The molecule has 1 heterocycles. The lowest BCUT2D eigenvalue weighted by atomic mass is 10.0.